The lowest BCUT2D eigenvalue weighted by molar-refractivity contribution is -0.136. The van der Waals surface area contributed by atoms with E-state index in [4.69, 9.17) is 5.11 Å². The van der Waals surface area contributed by atoms with Crippen molar-refractivity contribution in [2.24, 2.45) is 38.9 Å². The summed E-state index contributed by atoms with van der Waals surface area (Å²) in [5.74, 6) is -0.795. The van der Waals surface area contributed by atoms with Crippen molar-refractivity contribution in [3.63, 3.8) is 0 Å². The third kappa shape index (κ3) is 2.76. The molecule has 0 unspecified atom stereocenters. The van der Waals surface area contributed by atoms with E-state index in [2.05, 4.69) is 32.1 Å². The summed E-state index contributed by atoms with van der Waals surface area (Å²) in [5.41, 5.74) is 0.614. The van der Waals surface area contributed by atoms with E-state index in [0.29, 0.717) is 6.42 Å². The van der Waals surface area contributed by atoms with E-state index in [1.807, 2.05) is 20.8 Å². The molecule has 186 valence electrons. The van der Waals surface area contributed by atoms with Crippen molar-refractivity contribution in [3.05, 3.63) is 47.1 Å². The first-order chi connectivity index (χ1) is 16.2. The van der Waals surface area contributed by atoms with Crippen LogP contribution in [-0.2, 0) is 19.2 Å². The highest BCUT2D eigenvalue weighted by atomic mass is 16.4. The second kappa shape index (κ2) is 7.02. The van der Waals surface area contributed by atoms with Crippen LogP contribution in [0.3, 0.4) is 0 Å². The van der Waals surface area contributed by atoms with Crippen LogP contribution in [0.4, 0.5) is 0 Å². The Bertz CT molecular complexity index is 1210. The summed E-state index contributed by atoms with van der Waals surface area (Å²) in [6, 6.07) is 0. The lowest BCUT2D eigenvalue weighted by Crippen LogP contribution is -2.54. The molecule has 2 fully saturated rings. The second-order valence-electron chi connectivity index (χ2n) is 12.8. The van der Waals surface area contributed by atoms with Gasteiger partial charge in [0.05, 0.1) is 5.41 Å². The van der Waals surface area contributed by atoms with Crippen LogP contribution < -0.4 is 0 Å². The molecule has 5 aliphatic rings. The molecular weight excluding hydrogens is 440 g/mol. The van der Waals surface area contributed by atoms with Crippen LogP contribution in [0.2, 0.25) is 0 Å². The molecule has 0 aromatic heterocycles. The molecule has 5 aliphatic carbocycles. The Morgan fingerprint density at radius 3 is 2.49 bits per heavy atom. The van der Waals surface area contributed by atoms with Crippen LogP contribution in [0.25, 0.3) is 0 Å². The number of carbonyl (C=O) groups excluding carboxylic acids is 3. The molecule has 0 bridgehead atoms. The van der Waals surface area contributed by atoms with Crippen LogP contribution in [0.1, 0.15) is 73.6 Å². The standard InChI is InChI=1S/C30H36O5/c1-17(13-19(31)14-18(2)25(34)35)20-9-11-27(5)22-8-7-21-26(3,4)23(32)10-12-29(21)16-30(22,29)24(33)15-28(20,27)6/h8-10,12,14,17,21H,7,11,13,15-16H2,1-6H3,(H,34,35)/b18-14+/t17-,21+,27+,28-,29-,30+/m1/s1. The highest BCUT2D eigenvalue weighted by Gasteiger charge is 2.82. The van der Waals surface area contributed by atoms with E-state index in [-0.39, 0.29) is 57.4 Å². The fraction of sp³-hybridized carbons (Fsp3) is 0.600. The Morgan fingerprint density at radius 2 is 1.83 bits per heavy atom. The minimum atomic E-state index is -1.09. The topological polar surface area (TPSA) is 88.5 Å². The zero-order chi connectivity index (χ0) is 25.8. The molecule has 35 heavy (non-hydrogen) atoms. The molecular formula is C30H36O5. The summed E-state index contributed by atoms with van der Waals surface area (Å²) in [5, 5.41) is 9.10. The number of carboxylic acid groups (broad SMARTS) is 1. The fourth-order valence-electron chi connectivity index (χ4n) is 8.63. The van der Waals surface area contributed by atoms with Crippen molar-refractivity contribution in [1.82, 2.24) is 0 Å². The quantitative estimate of drug-likeness (QED) is 0.423. The molecule has 0 aromatic carbocycles. The summed E-state index contributed by atoms with van der Waals surface area (Å²) in [7, 11) is 0. The molecule has 5 rings (SSSR count). The van der Waals surface area contributed by atoms with Gasteiger partial charge in [0, 0.05) is 40.1 Å². The maximum atomic E-state index is 14.1. The van der Waals surface area contributed by atoms with E-state index in [9.17, 15) is 19.2 Å². The van der Waals surface area contributed by atoms with Gasteiger partial charge in [-0.25, -0.2) is 4.79 Å². The van der Waals surface area contributed by atoms with Gasteiger partial charge in [-0.3, -0.25) is 14.4 Å². The van der Waals surface area contributed by atoms with E-state index in [1.54, 1.807) is 6.08 Å². The molecule has 1 N–H and O–H groups in total. The molecule has 5 heteroatoms. The van der Waals surface area contributed by atoms with Gasteiger partial charge in [0.15, 0.2) is 11.6 Å². The van der Waals surface area contributed by atoms with Gasteiger partial charge >= 0.3 is 5.97 Å². The van der Waals surface area contributed by atoms with E-state index in [0.717, 1.165) is 24.8 Å². The molecule has 0 aromatic rings. The van der Waals surface area contributed by atoms with Crippen molar-refractivity contribution < 1.29 is 24.3 Å². The number of allylic oxidation sites excluding steroid dienone is 7. The monoisotopic (exact) mass is 476 g/mol. The number of carboxylic acids is 1. The highest BCUT2D eigenvalue weighted by molar-refractivity contribution is 6.01. The predicted octanol–water partition coefficient (Wildman–Crippen LogP) is 5.42. The lowest BCUT2D eigenvalue weighted by Gasteiger charge is -2.56. The summed E-state index contributed by atoms with van der Waals surface area (Å²) >= 11 is 0. The Balaban J connectivity index is 1.49. The maximum Gasteiger partial charge on any atom is 0.331 e. The Hall–Kier alpha value is -2.56. The molecule has 2 saturated carbocycles. The van der Waals surface area contributed by atoms with Gasteiger partial charge in [0.2, 0.25) is 0 Å². The smallest absolute Gasteiger partial charge is 0.331 e. The zero-order valence-electron chi connectivity index (χ0n) is 21.7. The summed E-state index contributed by atoms with van der Waals surface area (Å²) < 4.78 is 0. The van der Waals surface area contributed by atoms with Crippen molar-refractivity contribution in [2.75, 3.05) is 0 Å². The van der Waals surface area contributed by atoms with Gasteiger partial charge in [-0.1, -0.05) is 64.0 Å². The maximum absolute atomic E-state index is 14.1. The van der Waals surface area contributed by atoms with Crippen LogP contribution >= 0.6 is 0 Å². The van der Waals surface area contributed by atoms with Gasteiger partial charge in [0.1, 0.15) is 5.78 Å². The van der Waals surface area contributed by atoms with Crippen LogP contribution in [0, 0.1) is 38.9 Å². The summed E-state index contributed by atoms with van der Waals surface area (Å²) in [6.45, 7) is 12.0. The average molecular weight is 477 g/mol. The van der Waals surface area contributed by atoms with Gasteiger partial charge < -0.3 is 5.11 Å². The fourth-order valence-corrected chi connectivity index (χ4v) is 8.63. The number of rotatable bonds is 5. The molecule has 6 atom stereocenters. The van der Waals surface area contributed by atoms with Crippen molar-refractivity contribution in [1.29, 1.82) is 0 Å². The Labute approximate surface area is 207 Å². The molecule has 2 spiro atoms. The predicted molar refractivity (Wildman–Crippen MR) is 132 cm³/mol. The number of Topliss-reactive ketones (excluding diaryl/α,β-unsaturated/α-hetero) is 1. The lowest BCUT2D eigenvalue weighted by atomic mass is 9.45. The van der Waals surface area contributed by atoms with Gasteiger partial charge in [0.25, 0.3) is 0 Å². The Morgan fingerprint density at radius 1 is 1.14 bits per heavy atom. The average Bonchev–Trinajstić information content (AvgIpc) is 3.37. The van der Waals surface area contributed by atoms with Crippen LogP contribution in [0.5, 0.6) is 0 Å². The number of carbonyl (C=O) groups is 4. The molecule has 0 saturated heterocycles. The minimum absolute atomic E-state index is 0.0383. The SMILES string of the molecule is C/C(=C\C(=O)C[C@@H](C)C1=CC[C@@]2(C)C3=CC[C@H]4C(C)(C)C(=O)C=C[C@@]45C[C@@]35C(=O)C[C@]12C)C(=O)O. The normalized spacial score (nSPS) is 41.7. The number of fused-ring (bicyclic) bond motifs is 2. The van der Waals surface area contributed by atoms with Gasteiger partial charge in [-0.05, 0) is 50.2 Å². The first kappa shape index (κ1) is 24.1. The number of ketones is 3. The largest absolute Gasteiger partial charge is 0.478 e. The van der Waals surface area contributed by atoms with Crippen LogP contribution in [0.15, 0.2) is 47.1 Å². The number of aliphatic carboxylic acids is 1. The second-order valence-corrected chi connectivity index (χ2v) is 12.8. The third-order valence-electron chi connectivity index (χ3n) is 10.8. The first-order valence-corrected chi connectivity index (χ1v) is 12.8. The van der Waals surface area contributed by atoms with E-state index < -0.39 is 16.8 Å². The third-order valence-corrected chi connectivity index (χ3v) is 10.8. The molecule has 0 heterocycles. The highest BCUT2D eigenvalue weighted by Crippen LogP contribution is 2.85. The zero-order valence-corrected chi connectivity index (χ0v) is 21.7. The molecule has 0 amide bonds. The van der Waals surface area contributed by atoms with Gasteiger partial charge in [-0.15, -0.1) is 0 Å². The minimum Gasteiger partial charge on any atom is -0.478 e. The molecule has 5 nitrogen and oxygen atoms in total. The van der Waals surface area contributed by atoms with Crippen LogP contribution in [-0.4, -0.2) is 28.4 Å². The van der Waals surface area contributed by atoms with E-state index >= 15 is 0 Å². The van der Waals surface area contributed by atoms with Crippen molar-refractivity contribution >= 4 is 23.3 Å². The summed E-state index contributed by atoms with van der Waals surface area (Å²) in [4.78, 5) is 50.5. The van der Waals surface area contributed by atoms with E-state index in [1.165, 1.54) is 18.6 Å². The van der Waals surface area contributed by atoms with Crippen molar-refractivity contribution in [2.45, 2.75) is 73.6 Å². The van der Waals surface area contributed by atoms with Gasteiger partial charge in [-0.2, -0.15) is 0 Å². The Kier molecular flexibility index (Phi) is 4.84. The summed E-state index contributed by atoms with van der Waals surface area (Å²) in [6.07, 6.45) is 12.7. The molecule has 0 aliphatic heterocycles. The first-order valence-electron chi connectivity index (χ1n) is 12.8. The number of hydrogen-bond acceptors (Lipinski definition) is 4. The van der Waals surface area contributed by atoms with Crippen molar-refractivity contribution in [3.8, 4) is 0 Å². The number of hydrogen-bond donors (Lipinski definition) is 1. The molecule has 0 radical (unpaired) electrons.